The van der Waals surface area contributed by atoms with Crippen LogP contribution >= 0.6 is 15.9 Å². The van der Waals surface area contributed by atoms with Crippen LogP contribution in [0.1, 0.15) is 37.0 Å². The summed E-state index contributed by atoms with van der Waals surface area (Å²) in [7, 11) is 0. The fourth-order valence-electron chi connectivity index (χ4n) is 3.76. The van der Waals surface area contributed by atoms with E-state index in [0.717, 1.165) is 27.6 Å². The molecule has 0 fully saturated rings. The second-order valence-corrected chi connectivity index (χ2v) is 9.69. The van der Waals surface area contributed by atoms with Gasteiger partial charge in [-0.2, -0.15) is 0 Å². The molecule has 0 aliphatic heterocycles. The van der Waals surface area contributed by atoms with E-state index < -0.39 is 6.04 Å². The molecule has 2 atom stereocenters. The molecule has 35 heavy (non-hydrogen) atoms. The Kier molecular flexibility index (Phi) is 9.91. The van der Waals surface area contributed by atoms with Crippen LogP contribution in [0, 0.1) is 6.92 Å². The number of benzene rings is 3. The van der Waals surface area contributed by atoms with Crippen molar-refractivity contribution >= 4 is 27.7 Å². The van der Waals surface area contributed by atoms with Gasteiger partial charge in [0.25, 0.3) is 5.91 Å². The maximum Gasteiger partial charge on any atom is 0.261 e. The molecule has 0 heterocycles. The molecule has 3 rings (SSSR count). The number of hydrogen-bond acceptors (Lipinski definition) is 3. The number of amides is 2. The minimum absolute atomic E-state index is 0.00992. The molecule has 184 valence electrons. The third-order valence-corrected chi connectivity index (χ3v) is 6.41. The summed E-state index contributed by atoms with van der Waals surface area (Å²) in [5.74, 6) is 0.197. The number of aryl methyl sites for hydroxylation is 1. The summed E-state index contributed by atoms with van der Waals surface area (Å²) < 4.78 is 6.74. The van der Waals surface area contributed by atoms with Gasteiger partial charge in [0.05, 0.1) is 0 Å². The summed E-state index contributed by atoms with van der Waals surface area (Å²) in [6.07, 6.45) is 1.22. The Morgan fingerprint density at radius 3 is 2.31 bits per heavy atom. The second kappa shape index (κ2) is 13.1. The number of nitrogens with zero attached hydrogens (tertiary/aromatic N) is 1. The first kappa shape index (κ1) is 26.5. The van der Waals surface area contributed by atoms with Crippen molar-refractivity contribution < 1.29 is 14.3 Å². The number of carbonyl (C=O) groups is 2. The summed E-state index contributed by atoms with van der Waals surface area (Å²) in [5, 5.41) is 3.08. The van der Waals surface area contributed by atoms with Gasteiger partial charge in [0.2, 0.25) is 5.91 Å². The van der Waals surface area contributed by atoms with Crippen molar-refractivity contribution in [1.82, 2.24) is 10.2 Å². The zero-order chi connectivity index (χ0) is 25.2. The lowest BCUT2D eigenvalue weighted by molar-refractivity contribution is -0.143. The Balaban J connectivity index is 1.90. The number of halogens is 1. The van der Waals surface area contributed by atoms with Crippen LogP contribution in [-0.4, -0.2) is 35.4 Å². The molecule has 0 aliphatic carbocycles. The maximum absolute atomic E-state index is 13.6. The van der Waals surface area contributed by atoms with Crippen molar-refractivity contribution in [2.75, 3.05) is 6.61 Å². The molecule has 3 aromatic rings. The first-order chi connectivity index (χ1) is 16.9. The van der Waals surface area contributed by atoms with Crippen molar-refractivity contribution in [1.29, 1.82) is 0 Å². The number of carbonyl (C=O) groups excluding carboxylic acids is 2. The van der Waals surface area contributed by atoms with Crippen molar-refractivity contribution in [2.24, 2.45) is 0 Å². The Morgan fingerprint density at radius 2 is 1.66 bits per heavy atom. The van der Waals surface area contributed by atoms with Crippen LogP contribution in [-0.2, 0) is 22.6 Å². The average molecular weight is 537 g/mol. The molecule has 3 aromatic carbocycles. The van der Waals surface area contributed by atoms with Gasteiger partial charge < -0.3 is 15.0 Å². The number of hydrogen-bond donors (Lipinski definition) is 1. The van der Waals surface area contributed by atoms with E-state index in [2.05, 4.69) is 21.2 Å². The Bertz CT molecular complexity index is 1100. The Hall–Kier alpha value is -3.12. The highest BCUT2D eigenvalue weighted by atomic mass is 79.9. The average Bonchev–Trinajstić information content (AvgIpc) is 2.86. The molecule has 0 saturated carbocycles. The van der Waals surface area contributed by atoms with Crippen LogP contribution in [0.4, 0.5) is 0 Å². The zero-order valence-corrected chi connectivity index (χ0v) is 22.1. The van der Waals surface area contributed by atoms with Crippen molar-refractivity contribution in [3.63, 3.8) is 0 Å². The van der Waals surface area contributed by atoms with Gasteiger partial charge in [0.15, 0.2) is 6.61 Å². The van der Waals surface area contributed by atoms with Crippen LogP contribution < -0.4 is 10.1 Å². The predicted molar refractivity (Wildman–Crippen MR) is 143 cm³/mol. The van der Waals surface area contributed by atoms with Gasteiger partial charge >= 0.3 is 0 Å². The third kappa shape index (κ3) is 8.25. The molecule has 0 aromatic heterocycles. The van der Waals surface area contributed by atoms with Crippen molar-refractivity contribution in [3.05, 3.63) is 100 Å². The largest absolute Gasteiger partial charge is 0.484 e. The number of nitrogens with one attached hydrogen (secondary N) is 1. The fraction of sp³-hybridized carbons (Fsp3) is 0.310. The van der Waals surface area contributed by atoms with E-state index >= 15 is 0 Å². The molecule has 0 unspecified atom stereocenters. The summed E-state index contributed by atoms with van der Waals surface area (Å²) in [6, 6.07) is 24.5. The fourth-order valence-corrected chi connectivity index (χ4v) is 4.03. The maximum atomic E-state index is 13.6. The van der Waals surface area contributed by atoms with E-state index in [1.54, 1.807) is 17.0 Å². The van der Waals surface area contributed by atoms with Crippen LogP contribution in [0.25, 0.3) is 0 Å². The third-order valence-electron chi connectivity index (χ3n) is 5.88. The van der Waals surface area contributed by atoms with E-state index in [4.69, 9.17) is 4.74 Å². The van der Waals surface area contributed by atoms with Crippen molar-refractivity contribution in [3.8, 4) is 5.75 Å². The van der Waals surface area contributed by atoms with Gasteiger partial charge in [0, 0.05) is 23.5 Å². The molecular weight excluding hydrogens is 504 g/mol. The van der Waals surface area contributed by atoms with Crippen LogP contribution in [0.5, 0.6) is 5.75 Å². The summed E-state index contributed by atoms with van der Waals surface area (Å²) in [6.45, 7) is 6.17. The SMILES string of the molecule is CC[C@@H](C)NC(=O)[C@H](Cc1ccccc1)N(Cc1cccc(C)c1)C(=O)COc1ccc(Br)cc1. The quantitative estimate of drug-likeness (QED) is 0.342. The standard InChI is InChI=1S/C29H33BrN2O3/c1-4-22(3)31-29(34)27(18-23-10-6-5-7-11-23)32(19-24-12-8-9-21(2)17-24)28(33)20-35-26-15-13-25(30)14-16-26/h5-17,22,27H,4,18-20H2,1-3H3,(H,31,34)/t22-,27+/m1/s1. The molecule has 0 radical (unpaired) electrons. The minimum Gasteiger partial charge on any atom is -0.484 e. The van der Waals surface area contributed by atoms with Crippen molar-refractivity contribution in [2.45, 2.75) is 52.2 Å². The Labute approximate surface area is 216 Å². The zero-order valence-electron chi connectivity index (χ0n) is 20.5. The number of rotatable bonds is 11. The van der Waals surface area contributed by atoms with Gasteiger partial charge in [0.1, 0.15) is 11.8 Å². The summed E-state index contributed by atoms with van der Waals surface area (Å²) >= 11 is 3.41. The predicted octanol–water partition coefficient (Wildman–Crippen LogP) is 5.69. The van der Waals surface area contributed by atoms with Gasteiger partial charge in [-0.1, -0.05) is 83.0 Å². The van der Waals surface area contributed by atoms with Crippen LogP contribution in [0.2, 0.25) is 0 Å². The van der Waals surface area contributed by atoms with E-state index in [1.165, 1.54) is 0 Å². The first-order valence-electron chi connectivity index (χ1n) is 11.9. The first-order valence-corrected chi connectivity index (χ1v) is 12.7. The molecule has 2 amide bonds. The van der Waals surface area contributed by atoms with Gasteiger partial charge in [-0.3, -0.25) is 9.59 Å². The molecule has 0 bridgehead atoms. The lowest BCUT2D eigenvalue weighted by Gasteiger charge is -2.32. The monoisotopic (exact) mass is 536 g/mol. The van der Waals surface area contributed by atoms with E-state index in [9.17, 15) is 9.59 Å². The highest BCUT2D eigenvalue weighted by Gasteiger charge is 2.31. The lowest BCUT2D eigenvalue weighted by Crippen LogP contribution is -2.53. The molecular formula is C29H33BrN2O3. The summed E-state index contributed by atoms with van der Waals surface area (Å²) in [5.41, 5.74) is 3.06. The highest BCUT2D eigenvalue weighted by molar-refractivity contribution is 9.10. The summed E-state index contributed by atoms with van der Waals surface area (Å²) in [4.78, 5) is 28.7. The molecule has 0 spiro atoms. The minimum atomic E-state index is -0.673. The molecule has 5 nitrogen and oxygen atoms in total. The second-order valence-electron chi connectivity index (χ2n) is 8.78. The molecule has 0 saturated heterocycles. The smallest absolute Gasteiger partial charge is 0.261 e. The topological polar surface area (TPSA) is 58.6 Å². The molecule has 0 aliphatic rings. The Morgan fingerprint density at radius 1 is 0.971 bits per heavy atom. The lowest BCUT2D eigenvalue weighted by atomic mass is 10.0. The highest BCUT2D eigenvalue weighted by Crippen LogP contribution is 2.19. The van der Waals surface area contributed by atoms with Crippen LogP contribution in [0.3, 0.4) is 0 Å². The van der Waals surface area contributed by atoms with E-state index in [-0.39, 0.29) is 24.5 Å². The van der Waals surface area contributed by atoms with Crippen LogP contribution in [0.15, 0.2) is 83.3 Å². The van der Waals surface area contributed by atoms with Gasteiger partial charge in [-0.05, 0) is 55.7 Å². The molecule has 1 N–H and O–H groups in total. The normalized spacial score (nSPS) is 12.5. The van der Waals surface area contributed by atoms with E-state index in [1.807, 2.05) is 87.5 Å². The van der Waals surface area contributed by atoms with Gasteiger partial charge in [-0.15, -0.1) is 0 Å². The molecule has 6 heteroatoms. The van der Waals surface area contributed by atoms with E-state index in [0.29, 0.717) is 18.7 Å². The number of ether oxygens (including phenoxy) is 1. The van der Waals surface area contributed by atoms with Gasteiger partial charge in [-0.25, -0.2) is 0 Å².